The summed E-state index contributed by atoms with van der Waals surface area (Å²) in [6, 6.07) is 5.55. The lowest BCUT2D eigenvalue weighted by Gasteiger charge is -2.09. The zero-order chi connectivity index (χ0) is 17.2. The lowest BCUT2D eigenvalue weighted by molar-refractivity contribution is 0.0952. The predicted octanol–water partition coefficient (Wildman–Crippen LogP) is 1.93. The van der Waals surface area contributed by atoms with Crippen LogP contribution in [0.4, 0.5) is 0 Å². The summed E-state index contributed by atoms with van der Waals surface area (Å²) in [5.74, 6) is 0.0974. The first-order chi connectivity index (χ1) is 12.2. The first-order valence-electron chi connectivity index (χ1n) is 8.37. The van der Waals surface area contributed by atoms with Crippen molar-refractivity contribution in [1.29, 1.82) is 0 Å². The van der Waals surface area contributed by atoms with Crippen molar-refractivity contribution < 1.29 is 9.32 Å². The second-order valence-electron chi connectivity index (χ2n) is 6.29. The highest BCUT2D eigenvalue weighted by atomic mass is 16.5. The van der Waals surface area contributed by atoms with Crippen LogP contribution in [0.15, 0.2) is 35.1 Å². The number of aryl methyl sites for hydroxylation is 1. The Morgan fingerprint density at radius 2 is 2.24 bits per heavy atom. The van der Waals surface area contributed by atoms with E-state index in [1.54, 1.807) is 18.5 Å². The van der Waals surface area contributed by atoms with E-state index >= 15 is 0 Å². The molecule has 2 N–H and O–H groups in total. The SMILES string of the molecule is Cc1cc(C(=O)NCc2ccncc2)c2c(C3CCNC3)noc2n1. The molecule has 7 heteroatoms. The summed E-state index contributed by atoms with van der Waals surface area (Å²) in [4.78, 5) is 21.2. The fraction of sp³-hybridized carbons (Fsp3) is 0.333. The van der Waals surface area contributed by atoms with Gasteiger partial charge >= 0.3 is 0 Å². The first kappa shape index (κ1) is 15.7. The Bertz CT molecular complexity index is 900. The number of carbonyl (C=O) groups excluding carboxylic acids is 1. The number of amides is 1. The van der Waals surface area contributed by atoms with Crippen LogP contribution in [0.2, 0.25) is 0 Å². The van der Waals surface area contributed by atoms with Crippen molar-refractivity contribution in [2.24, 2.45) is 0 Å². The lowest BCUT2D eigenvalue weighted by atomic mass is 9.99. The minimum atomic E-state index is -0.150. The van der Waals surface area contributed by atoms with Gasteiger partial charge in [-0.1, -0.05) is 5.16 Å². The van der Waals surface area contributed by atoms with Crippen molar-refractivity contribution in [2.75, 3.05) is 13.1 Å². The van der Waals surface area contributed by atoms with Crippen molar-refractivity contribution in [1.82, 2.24) is 25.8 Å². The van der Waals surface area contributed by atoms with E-state index in [4.69, 9.17) is 4.52 Å². The highest BCUT2D eigenvalue weighted by Gasteiger charge is 2.27. The number of rotatable bonds is 4. The smallest absolute Gasteiger partial charge is 0.259 e. The number of hydrogen-bond donors (Lipinski definition) is 2. The van der Waals surface area contributed by atoms with E-state index in [2.05, 4.69) is 25.8 Å². The van der Waals surface area contributed by atoms with E-state index in [9.17, 15) is 4.79 Å². The van der Waals surface area contributed by atoms with Crippen LogP contribution in [-0.4, -0.2) is 34.1 Å². The molecule has 0 radical (unpaired) electrons. The third kappa shape index (κ3) is 3.10. The van der Waals surface area contributed by atoms with Crippen LogP contribution in [0, 0.1) is 6.92 Å². The molecule has 0 aromatic carbocycles. The third-order valence-electron chi connectivity index (χ3n) is 4.49. The molecule has 1 fully saturated rings. The number of nitrogens with one attached hydrogen (secondary N) is 2. The van der Waals surface area contributed by atoms with Crippen molar-refractivity contribution >= 4 is 17.0 Å². The Morgan fingerprint density at radius 1 is 1.40 bits per heavy atom. The highest BCUT2D eigenvalue weighted by Crippen LogP contribution is 2.31. The molecule has 0 bridgehead atoms. The Morgan fingerprint density at radius 3 is 3.00 bits per heavy atom. The maximum atomic E-state index is 12.8. The largest absolute Gasteiger partial charge is 0.348 e. The Kier molecular flexibility index (Phi) is 4.15. The molecule has 4 rings (SSSR count). The maximum Gasteiger partial charge on any atom is 0.259 e. The summed E-state index contributed by atoms with van der Waals surface area (Å²) < 4.78 is 5.42. The average molecular weight is 337 g/mol. The normalized spacial score (nSPS) is 17.1. The van der Waals surface area contributed by atoms with E-state index in [-0.39, 0.29) is 11.8 Å². The van der Waals surface area contributed by atoms with E-state index < -0.39 is 0 Å². The van der Waals surface area contributed by atoms with Crippen LogP contribution in [0.1, 0.15) is 39.6 Å². The third-order valence-corrected chi connectivity index (χ3v) is 4.49. The summed E-state index contributed by atoms with van der Waals surface area (Å²) in [5, 5.41) is 11.2. The van der Waals surface area contributed by atoms with E-state index in [0.29, 0.717) is 17.8 Å². The van der Waals surface area contributed by atoms with E-state index in [1.807, 2.05) is 19.1 Å². The van der Waals surface area contributed by atoms with Gasteiger partial charge in [0.1, 0.15) is 0 Å². The molecule has 1 atom stereocenters. The second kappa shape index (κ2) is 6.60. The Hall–Kier alpha value is -2.80. The zero-order valence-corrected chi connectivity index (χ0v) is 14.0. The molecule has 4 heterocycles. The number of pyridine rings is 2. The van der Waals surface area contributed by atoms with Crippen molar-refractivity contribution in [3.8, 4) is 0 Å². The van der Waals surface area contributed by atoms with Gasteiger partial charge in [0.15, 0.2) is 0 Å². The molecule has 3 aromatic rings. The van der Waals surface area contributed by atoms with Crippen molar-refractivity contribution in [3.05, 3.63) is 53.1 Å². The van der Waals surface area contributed by atoms with Gasteiger partial charge in [-0.25, -0.2) is 4.98 Å². The Labute approximate surface area is 144 Å². The lowest BCUT2D eigenvalue weighted by Crippen LogP contribution is -2.23. The van der Waals surface area contributed by atoms with Gasteiger partial charge in [0.05, 0.1) is 16.6 Å². The van der Waals surface area contributed by atoms with Gasteiger partial charge in [0.25, 0.3) is 11.6 Å². The molecule has 0 aliphatic carbocycles. The van der Waals surface area contributed by atoms with Gasteiger partial charge < -0.3 is 15.2 Å². The second-order valence-corrected chi connectivity index (χ2v) is 6.29. The standard InChI is InChI=1S/C18H19N5O2/c1-11-8-14(17(24)21-9-12-2-5-19-6-3-12)15-16(13-4-7-20-10-13)23-25-18(15)22-11/h2-3,5-6,8,13,20H,4,7,9-10H2,1H3,(H,21,24). The maximum absolute atomic E-state index is 12.8. The molecule has 1 saturated heterocycles. The Balaban J connectivity index is 1.67. The van der Waals surface area contributed by atoms with Crippen molar-refractivity contribution in [2.45, 2.75) is 25.8 Å². The summed E-state index contributed by atoms with van der Waals surface area (Å²) in [6.07, 6.45) is 4.40. The molecular weight excluding hydrogens is 318 g/mol. The number of hydrogen-bond acceptors (Lipinski definition) is 6. The topological polar surface area (TPSA) is 92.9 Å². The summed E-state index contributed by atoms with van der Waals surface area (Å²) in [5.41, 5.74) is 3.54. The molecule has 1 amide bonds. The minimum Gasteiger partial charge on any atom is -0.348 e. The van der Waals surface area contributed by atoms with Gasteiger partial charge in [0, 0.05) is 37.1 Å². The molecule has 0 saturated carbocycles. The summed E-state index contributed by atoms with van der Waals surface area (Å²) >= 11 is 0. The van der Waals surface area contributed by atoms with Crippen LogP contribution >= 0.6 is 0 Å². The number of fused-ring (bicyclic) bond motifs is 1. The number of aromatic nitrogens is 3. The zero-order valence-electron chi connectivity index (χ0n) is 14.0. The molecule has 3 aromatic heterocycles. The first-order valence-corrected chi connectivity index (χ1v) is 8.37. The molecule has 1 aliphatic rings. The van der Waals surface area contributed by atoms with Crippen LogP contribution < -0.4 is 10.6 Å². The van der Waals surface area contributed by atoms with Crippen LogP contribution in [-0.2, 0) is 6.54 Å². The van der Waals surface area contributed by atoms with Crippen LogP contribution in [0.5, 0.6) is 0 Å². The summed E-state index contributed by atoms with van der Waals surface area (Å²) in [7, 11) is 0. The number of nitrogens with zero attached hydrogens (tertiary/aromatic N) is 3. The molecule has 1 unspecified atom stereocenters. The van der Waals surface area contributed by atoms with E-state index in [0.717, 1.165) is 41.8 Å². The number of carbonyl (C=O) groups is 1. The van der Waals surface area contributed by atoms with Gasteiger partial charge in [-0.3, -0.25) is 9.78 Å². The fourth-order valence-corrected chi connectivity index (χ4v) is 3.22. The van der Waals surface area contributed by atoms with Crippen LogP contribution in [0.3, 0.4) is 0 Å². The monoisotopic (exact) mass is 337 g/mol. The van der Waals surface area contributed by atoms with Gasteiger partial charge in [-0.2, -0.15) is 0 Å². The highest BCUT2D eigenvalue weighted by molar-refractivity contribution is 6.06. The molecule has 0 spiro atoms. The average Bonchev–Trinajstić information content (AvgIpc) is 3.29. The van der Waals surface area contributed by atoms with Crippen LogP contribution in [0.25, 0.3) is 11.1 Å². The van der Waals surface area contributed by atoms with Gasteiger partial charge in [-0.05, 0) is 43.7 Å². The quantitative estimate of drug-likeness (QED) is 0.756. The molecule has 1 aliphatic heterocycles. The molecular formula is C18H19N5O2. The molecule has 7 nitrogen and oxygen atoms in total. The van der Waals surface area contributed by atoms with Crippen molar-refractivity contribution in [3.63, 3.8) is 0 Å². The predicted molar refractivity (Wildman–Crippen MR) is 92.2 cm³/mol. The molecule has 25 heavy (non-hydrogen) atoms. The molecule has 128 valence electrons. The van der Waals surface area contributed by atoms with E-state index in [1.165, 1.54) is 0 Å². The summed E-state index contributed by atoms with van der Waals surface area (Å²) in [6.45, 7) is 4.07. The van der Waals surface area contributed by atoms with Gasteiger partial charge in [0.2, 0.25) is 0 Å². The fourth-order valence-electron chi connectivity index (χ4n) is 3.22. The van der Waals surface area contributed by atoms with Gasteiger partial charge in [-0.15, -0.1) is 0 Å². The minimum absolute atomic E-state index is 0.150.